The van der Waals surface area contributed by atoms with E-state index in [1.807, 2.05) is 194 Å². The Morgan fingerprint density at radius 3 is 0.662 bits per heavy atom. The molecule has 133 heavy (non-hydrogen) atoms. The fourth-order valence-electron chi connectivity index (χ4n) is 13.1. The van der Waals surface area contributed by atoms with Gasteiger partial charge in [0.25, 0.3) is 0 Å². The molecule has 16 rings (SSSR count). The number of hydrogen-bond acceptors (Lipinski definition) is 18. The summed E-state index contributed by atoms with van der Waals surface area (Å²) in [5, 5.41) is 18.5. The van der Waals surface area contributed by atoms with Crippen LogP contribution in [-0.2, 0) is 145 Å². The summed E-state index contributed by atoms with van der Waals surface area (Å²) in [6.07, 6.45) is 25.8. The number of rotatable bonds is 16. The number of halogens is 3. The summed E-state index contributed by atoms with van der Waals surface area (Å²) in [4.78, 5) is 63.7. The molecule has 0 spiro atoms. The van der Waals surface area contributed by atoms with E-state index in [0.29, 0.717) is 29.0 Å². The van der Waals surface area contributed by atoms with Gasteiger partial charge in [-0.1, -0.05) is 283 Å². The van der Waals surface area contributed by atoms with Crippen molar-refractivity contribution in [1.82, 2.24) is 127 Å². The largest absolute Gasteiger partial charge is 2.00 e. The fourth-order valence-corrected chi connectivity index (χ4v) is 13.1. The van der Waals surface area contributed by atoms with Gasteiger partial charge in [-0.2, -0.15) is 13.2 Å². The Balaban J connectivity index is 0.000000197. The molecule has 33 heteroatoms. The average Bonchev–Trinajstić information content (AvgIpc) is 1.65. The van der Waals surface area contributed by atoms with Gasteiger partial charge in [0.1, 0.15) is 0 Å². The van der Waals surface area contributed by atoms with Gasteiger partial charge in [0.2, 0.25) is 0 Å². The first-order chi connectivity index (χ1) is 60.2. The van der Waals surface area contributed by atoms with Gasteiger partial charge in [0, 0.05) is 111 Å². The molecule has 0 amide bonds. The molecule has 0 bridgehead atoms. The Morgan fingerprint density at radius 1 is 0.226 bits per heavy atom. The second-order valence-corrected chi connectivity index (χ2v) is 40.2. The summed E-state index contributed by atoms with van der Waals surface area (Å²) >= 11 is 0. The van der Waals surface area contributed by atoms with Gasteiger partial charge in [0.15, 0.2) is 0 Å². The first kappa shape index (κ1) is 106. The normalized spacial score (nSPS) is 12.3. The van der Waals surface area contributed by atoms with E-state index < -0.39 is 33.5 Å². The molecule has 0 aromatic carbocycles. The smallest absolute Gasteiger partial charge is 0.418 e. The number of hydrogen-bond donors (Lipinski definition) is 0. The van der Waals surface area contributed by atoms with Gasteiger partial charge in [0.05, 0.1) is 58.2 Å². The van der Waals surface area contributed by atoms with Crippen LogP contribution in [0.1, 0.15) is 271 Å². The Hall–Kier alpha value is -10.7. The second kappa shape index (κ2) is 40.8. The van der Waals surface area contributed by atoms with E-state index in [1.54, 1.807) is 35.4 Å². The minimum Gasteiger partial charge on any atom is -0.418 e. The van der Waals surface area contributed by atoms with Crippen LogP contribution in [0.3, 0.4) is 0 Å². The number of alkyl halides is 3. The summed E-state index contributed by atoms with van der Waals surface area (Å²) in [6, 6.07) is 50.4. The van der Waals surface area contributed by atoms with E-state index in [2.05, 4.69) is 262 Å². The van der Waals surface area contributed by atoms with Crippen LogP contribution in [0, 0.1) is 57.3 Å². The third-order valence-corrected chi connectivity index (χ3v) is 21.8. The molecule has 0 saturated carbocycles. The summed E-state index contributed by atoms with van der Waals surface area (Å²) in [5.41, 5.74) is 8.11. The van der Waals surface area contributed by atoms with Gasteiger partial charge in [-0.15, -0.1) is 12.1 Å². The van der Waals surface area contributed by atoms with Gasteiger partial charge < -0.3 is 66.9 Å². The van der Waals surface area contributed by atoms with Crippen molar-refractivity contribution in [1.29, 1.82) is 0 Å². The number of imidazole rings is 4. The predicted molar refractivity (Wildman–Crippen MR) is 488 cm³/mol. The molecular weight excluding hydrogens is 2400 g/mol. The Labute approximate surface area is 835 Å². The third-order valence-electron chi connectivity index (χ3n) is 21.8. The maximum absolute atomic E-state index is 12.9. The van der Waals surface area contributed by atoms with Crippen molar-refractivity contribution in [3.05, 3.63) is 324 Å². The summed E-state index contributed by atoms with van der Waals surface area (Å²) in [6.45, 7) is 56.6. The molecular formula is C100H111F3N26Pt4. The zero-order valence-electron chi connectivity index (χ0n) is 79.8. The van der Waals surface area contributed by atoms with Crippen molar-refractivity contribution in [2.75, 3.05) is 0 Å². The van der Waals surface area contributed by atoms with Crippen molar-refractivity contribution >= 4 is 0 Å². The first-order valence-corrected chi connectivity index (χ1v) is 42.6. The number of pyridine rings is 8. The number of aryl methyl sites for hydroxylation is 1. The molecule has 16 aromatic rings. The van der Waals surface area contributed by atoms with Crippen molar-refractivity contribution in [2.45, 2.75) is 247 Å². The van der Waals surface area contributed by atoms with Crippen molar-refractivity contribution < 1.29 is 97.4 Å². The van der Waals surface area contributed by atoms with E-state index in [4.69, 9.17) is 45.1 Å². The zero-order chi connectivity index (χ0) is 93.6. The summed E-state index contributed by atoms with van der Waals surface area (Å²) in [5.74, 6) is 6.79. The molecule has 0 radical (unpaired) electrons. The van der Waals surface area contributed by atoms with E-state index in [9.17, 15) is 13.2 Å². The average molecular weight is 2510 g/mol. The molecule has 0 aliphatic carbocycles. The monoisotopic (exact) mass is 2510 g/mol. The molecule has 0 aliphatic heterocycles. The van der Waals surface area contributed by atoms with Crippen molar-refractivity contribution in [3.63, 3.8) is 0 Å². The molecule has 0 N–H and O–H groups in total. The SMILES string of the molecule is CC(C)(C)c1c[c-]n(-c2cccc(C(C)(C)c3cccc(-n4[c-]cc(C(C)(C)C)n4)n3)n2)n1.CC(C)(C)c1cn(-c2cccc(C(C)(C)c3cccc(-n4[c-]nc(C(C)(C)C)c4)n3)n2)[c-]n1.CC(C)(C)c1n[c-]n(-c2cccc(C(C)(C)c3cccc(-n4[c-]nc(C(C)(C)C)n4)n3)n2)n1.Cc1cn(-c2cccc(C(C)(C)c3cccc(-n4[c-]nc(C(F)(F)F)c4)n3)n2)[c-]n1.[Pt+2].[Pt+2].[Pt+2].[Pt+2]. The molecule has 0 fully saturated rings. The number of nitrogens with zero attached hydrogens (tertiary/aromatic N) is 26. The minimum atomic E-state index is -4.54. The van der Waals surface area contributed by atoms with Crippen LogP contribution in [-0.4, -0.2) is 127 Å². The fraction of sp³-hybridized carbons (Fsp3) is 0.380. The van der Waals surface area contributed by atoms with Crippen molar-refractivity contribution in [3.8, 4) is 46.5 Å². The van der Waals surface area contributed by atoms with E-state index in [-0.39, 0.29) is 117 Å². The van der Waals surface area contributed by atoms with Gasteiger partial charge >= 0.3 is 90.4 Å². The van der Waals surface area contributed by atoms with Crippen molar-refractivity contribution in [2.24, 2.45) is 0 Å². The van der Waals surface area contributed by atoms with Crippen LogP contribution >= 0.6 is 0 Å². The van der Waals surface area contributed by atoms with Crippen LogP contribution in [0.25, 0.3) is 46.5 Å². The maximum Gasteiger partial charge on any atom is 2.00 e. The molecule has 702 valence electrons. The Bertz CT molecular complexity index is 5820. The second-order valence-electron chi connectivity index (χ2n) is 40.2. The van der Waals surface area contributed by atoms with E-state index >= 15 is 0 Å². The Kier molecular flexibility index (Phi) is 32.5. The van der Waals surface area contributed by atoms with Crippen LogP contribution in [0.2, 0.25) is 0 Å². The molecule has 0 aliphatic rings. The standard InChI is InChI=1S/2C27H32N6.C25H30N8.C21H17F3N6.4Pt/c1-25(2,3)21-15-32(17-28-21)23-13-9-11-19(30-23)27(7,8)20-12-10-14-24(31-20)33-16-22(29-18-33)26(4,5)6;1-25(2,3)19-15-17-32(30-19)23-13-9-11-21(28-23)27(7,8)22-12-10-14-24(29-22)33-18-16-20(31-33)26(4,5)6;1-23(2,3)21-26-15-32(30-21)19-13-9-11-17(28-19)25(7,8)18-12-10-14-20(29-18)33-16-27-22(31-33)24(4,5)6;1-14-10-29(12-25-14)18-8-4-6-15(27-18)20(2,3)16-7-5-9-19(28-16)30-11-17(26-13-30)21(22,23)24;;;;/h2*9-16H,1-8H3;9-14H,1-8H3;4-11H,1-3H3;;;;/q4*-2;4*+2. The van der Waals surface area contributed by atoms with Gasteiger partial charge in [-0.05, 0) is 148 Å². The minimum absolute atomic E-state index is 0. The molecule has 26 nitrogen and oxygen atoms in total. The van der Waals surface area contributed by atoms with Gasteiger partial charge in [-0.25, -0.2) is 10.2 Å². The maximum atomic E-state index is 12.9. The van der Waals surface area contributed by atoms with Crippen LogP contribution in [0.4, 0.5) is 13.2 Å². The molecule has 0 saturated heterocycles. The van der Waals surface area contributed by atoms with Gasteiger partial charge in [-0.3, -0.25) is 50.1 Å². The van der Waals surface area contributed by atoms with E-state index in [0.717, 1.165) is 114 Å². The first-order valence-electron chi connectivity index (χ1n) is 42.6. The van der Waals surface area contributed by atoms with Crippen LogP contribution in [0.5, 0.6) is 0 Å². The molecule has 16 aromatic heterocycles. The summed E-state index contributed by atoms with van der Waals surface area (Å²) in [7, 11) is 0. The predicted octanol–water partition coefficient (Wildman–Crippen LogP) is 19.0. The summed E-state index contributed by atoms with van der Waals surface area (Å²) < 4.78 is 51.8. The molecule has 0 atom stereocenters. The van der Waals surface area contributed by atoms with E-state index in [1.165, 1.54) is 0 Å². The zero-order valence-corrected chi connectivity index (χ0v) is 88.9. The quantitative estimate of drug-likeness (QED) is 0.0813. The molecule has 16 heterocycles. The topological polar surface area (TPSA) is 271 Å². The Morgan fingerprint density at radius 2 is 0.451 bits per heavy atom. The van der Waals surface area contributed by atoms with Crippen LogP contribution in [0.15, 0.2) is 183 Å². The van der Waals surface area contributed by atoms with Crippen LogP contribution < -0.4 is 0 Å². The number of aromatic nitrogens is 26. The molecule has 0 unspecified atom stereocenters. The third kappa shape index (κ3) is 24.9.